The lowest BCUT2D eigenvalue weighted by molar-refractivity contribution is -0.118. The molecule has 0 aromatic heterocycles. The Bertz CT molecular complexity index is 1270. The molecule has 3 aromatic rings. The molecule has 232 valence electrons. The summed E-state index contributed by atoms with van der Waals surface area (Å²) in [5.41, 5.74) is 3.28. The van der Waals surface area contributed by atoms with Crippen molar-refractivity contribution >= 4 is 17.5 Å². The first kappa shape index (κ1) is 32.6. The second-order valence-electron chi connectivity index (χ2n) is 10.5. The first-order valence-electron chi connectivity index (χ1n) is 14.9. The van der Waals surface area contributed by atoms with Crippen molar-refractivity contribution in [3.63, 3.8) is 0 Å². The third-order valence-corrected chi connectivity index (χ3v) is 7.59. The molecule has 8 nitrogen and oxygen atoms in total. The van der Waals surface area contributed by atoms with Crippen molar-refractivity contribution in [1.82, 2.24) is 10.6 Å². The first-order chi connectivity index (χ1) is 21.0. The highest BCUT2D eigenvalue weighted by atomic mass is 35.5. The third kappa shape index (κ3) is 10.7. The summed E-state index contributed by atoms with van der Waals surface area (Å²) in [6.45, 7) is 6.39. The van der Waals surface area contributed by atoms with E-state index in [1.807, 2.05) is 54.6 Å². The van der Waals surface area contributed by atoms with Crippen LogP contribution in [0.1, 0.15) is 42.4 Å². The Morgan fingerprint density at radius 3 is 2.60 bits per heavy atom. The molecule has 2 unspecified atom stereocenters. The summed E-state index contributed by atoms with van der Waals surface area (Å²) in [5.74, 6) is 2.65. The SMILES string of the molecule is COc1ccccc1COCCCOc1ccc(C2CCNCC2OCCOc2cc(Cl)ccc2CCNC(C)=O)cc1. The van der Waals surface area contributed by atoms with Gasteiger partial charge >= 0.3 is 0 Å². The number of nitrogens with one attached hydrogen (secondary N) is 2. The maximum absolute atomic E-state index is 11.2. The van der Waals surface area contributed by atoms with E-state index in [1.165, 1.54) is 12.5 Å². The van der Waals surface area contributed by atoms with E-state index in [9.17, 15) is 4.79 Å². The van der Waals surface area contributed by atoms with Crippen molar-refractivity contribution in [2.24, 2.45) is 0 Å². The molecule has 1 amide bonds. The molecule has 9 heteroatoms. The van der Waals surface area contributed by atoms with Gasteiger partial charge in [-0.05, 0) is 60.8 Å². The van der Waals surface area contributed by atoms with Crippen LogP contribution in [0.4, 0.5) is 0 Å². The largest absolute Gasteiger partial charge is 0.496 e. The summed E-state index contributed by atoms with van der Waals surface area (Å²) in [5, 5.41) is 6.89. The van der Waals surface area contributed by atoms with Gasteiger partial charge in [-0.15, -0.1) is 0 Å². The lowest BCUT2D eigenvalue weighted by atomic mass is 9.88. The molecule has 0 saturated carbocycles. The van der Waals surface area contributed by atoms with Crippen LogP contribution in [0.15, 0.2) is 66.7 Å². The monoisotopic (exact) mass is 610 g/mol. The Kier molecular flexibility index (Phi) is 13.4. The molecule has 1 saturated heterocycles. The molecular formula is C34H43ClN2O6. The molecule has 1 aliphatic rings. The molecule has 2 N–H and O–H groups in total. The van der Waals surface area contributed by atoms with Crippen molar-refractivity contribution in [2.75, 3.05) is 53.2 Å². The number of piperidine rings is 1. The maximum atomic E-state index is 11.2. The Morgan fingerprint density at radius 2 is 1.79 bits per heavy atom. The van der Waals surface area contributed by atoms with E-state index in [0.717, 1.165) is 54.3 Å². The van der Waals surface area contributed by atoms with E-state index in [1.54, 1.807) is 7.11 Å². The van der Waals surface area contributed by atoms with Gasteiger partial charge in [0.15, 0.2) is 0 Å². The van der Waals surface area contributed by atoms with Crippen molar-refractivity contribution in [2.45, 2.75) is 44.8 Å². The molecule has 0 aliphatic carbocycles. The fraction of sp³-hybridized carbons (Fsp3) is 0.441. The Balaban J connectivity index is 1.18. The quantitative estimate of drug-likeness (QED) is 0.194. The minimum atomic E-state index is -0.0511. The average Bonchev–Trinajstić information content (AvgIpc) is 3.02. The van der Waals surface area contributed by atoms with Crippen molar-refractivity contribution in [3.05, 3.63) is 88.4 Å². The highest BCUT2D eigenvalue weighted by Crippen LogP contribution is 2.29. The van der Waals surface area contributed by atoms with E-state index in [2.05, 4.69) is 22.8 Å². The van der Waals surface area contributed by atoms with Crippen LogP contribution < -0.4 is 24.8 Å². The number of hydrogen-bond donors (Lipinski definition) is 2. The molecule has 0 bridgehead atoms. The predicted molar refractivity (Wildman–Crippen MR) is 169 cm³/mol. The first-order valence-corrected chi connectivity index (χ1v) is 15.3. The molecule has 1 fully saturated rings. The molecule has 3 aromatic carbocycles. The van der Waals surface area contributed by atoms with Crippen LogP contribution in [0.25, 0.3) is 0 Å². The fourth-order valence-corrected chi connectivity index (χ4v) is 5.31. The van der Waals surface area contributed by atoms with Gasteiger partial charge in [0.25, 0.3) is 0 Å². The summed E-state index contributed by atoms with van der Waals surface area (Å²) in [6, 6.07) is 21.8. The normalized spacial score (nSPS) is 16.4. The number of carbonyl (C=O) groups excluding carboxylic acids is 1. The lowest BCUT2D eigenvalue weighted by Crippen LogP contribution is -2.41. The molecule has 2 atom stereocenters. The average molecular weight is 611 g/mol. The van der Waals surface area contributed by atoms with Crippen LogP contribution in [-0.4, -0.2) is 65.2 Å². The Labute approximate surface area is 260 Å². The van der Waals surface area contributed by atoms with E-state index < -0.39 is 0 Å². The second kappa shape index (κ2) is 17.7. The minimum Gasteiger partial charge on any atom is -0.496 e. The Morgan fingerprint density at radius 1 is 0.953 bits per heavy atom. The zero-order valence-electron chi connectivity index (χ0n) is 25.1. The van der Waals surface area contributed by atoms with Gasteiger partial charge in [-0.3, -0.25) is 4.79 Å². The molecule has 1 heterocycles. The molecular weight excluding hydrogens is 568 g/mol. The van der Waals surface area contributed by atoms with Gasteiger partial charge in [0, 0.05) is 42.9 Å². The number of carbonyl (C=O) groups is 1. The van der Waals surface area contributed by atoms with E-state index in [0.29, 0.717) is 51.0 Å². The number of amides is 1. The van der Waals surface area contributed by atoms with Gasteiger partial charge < -0.3 is 34.3 Å². The zero-order valence-corrected chi connectivity index (χ0v) is 25.9. The van der Waals surface area contributed by atoms with Gasteiger partial charge in [0.1, 0.15) is 23.9 Å². The summed E-state index contributed by atoms with van der Waals surface area (Å²) >= 11 is 6.20. The van der Waals surface area contributed by atoms with Crippen LogP contribution >= 0.6 is 11.6 Å². The van der Waals surface area contributed by atoms with Crippen molar-refractivity contribution in [1.29, 1.82) is 0 Å². The molecule has 0 spiro atoms. The summed E-state index contributed by atoms with van der Waals surface area (Å²) < 4.78 is 29.5. The van der Waals surface area contributed by atoms with Crippen LogP contribution in [0, 0.1) is 0 Å². The standard InChI is InChI=1S/C34H43ClN2O6/c1-25(38)37-17-14-27-8-11-29(35)22-33(27)42-20-21-43-34-23-36-16-15-31(34)26-9-12-30(13-10-26)41-19-5-18-40-24-28-6-3-4-7-32(28)39-2/h3-4,6-13,22,31,34,36H,5,14-21,23-24H2,1-2H3,(H,37,38). The van der Waals surface area contributed by atoms with Crippen LogP contribution in [-0.2, 0) is 27.3 Å². The summed E-state index contributed by atoms with van der Waals surface area (Å²) in [7, 11) is 1.67. The molecule has 1 aliphatic heterocycles. The predicted octanol–water partition coefficient (Wildman–Crippen LogP) is 5.55. The molecule has 43 heavy (non-hydrogen) atoms. The third-order valence-electron chi connectivity index (χ3n) is 7.36. The highest BCUT2D eigenvalue weighted by Gasteiger charge is 2.27. The van der Waals surface area contributed by atoms with E-state index in [-0.39, 0.29) is 17.9 Å². The van der Waals surface area contributed by atoms with Gasteiger partial charge in [-0.2, -0.15) is 0 Å². The summed E-state index contributed by atoms with van der Waals surface area (Å²) in [4.78, 5) is 11.2. The number of para-hydroxylation sites is 1. The molecule has 0 radical (unpaired) electrons. The van der Waals surface area contributed by atoms with E-state index >= 15 is 0 Å². The second-order valence-corrected chi connectivity index (χ2v) is 10.9. The number of rotatable bonds is 17. The molecule has 4 rings (SSSR count). The van der Waals surface area contributed by atoms with Crippen LogP contribution in [0.3, 0.4) is 0 Å². The van der Waals surface area contributed by atoms with E-state index in [4.69, 9.17) is 35.3 Å². The lowest BCUT2D eigenvalue weighted by Gasteiger charge is -2.32. The number of ether oxygens (including phenoxy) is 5. The highest BCUT2D eigenvalue weighted by molar-refractivity contribution is 6.30. The maximum Gasteiger partial charge on any atom is 0.216 e. The topological polar surface area (TPSA) is 87.3 Å². The Hall–Kier alpha value is -3.30. The van der Waals surface area contributed by atoms with Crippen LogP contribution in [0.2, 0.25) is 5.02 Å². The minimum absolute atomic E-state index is 0.0445. The van der Waals surface area contributed by atoms with Crippen molar-refractivity contribution < 1.29 is 28.5 Å². The van der Waals surface area contributed by atoms with Crippen molar-refractivity contribution in [3.8, 4) is 17.2 Å². The zero-order chi connectivity index (χ0) is 30.3. The number of methoxy groups -OCH3 is 1. The van der Waals surface area contributed by atoms with Gasteiger partial charge in [0.05, 0.1) is 39.6 Å². The van der Waals surface area contributed by atoms with Crippen LogP contribution in [0.5, 0.6) is 17.2 Å². The van der Waals surface area contributed by atoms with Gasteiger partial charge in [0.2, 0.25) is 5.91 Å². The number of benzene rings is 3. The van der Waals surface area contributed by atoms with Gasteiger partial charge in [-0.25, -0.2) is 0 Å². The van der Waals surface area contributed by atoms with Gasteiger partial charge in [-0.1, -0.05) is 48.0 Å². The number of hydrogen-bond acceptors (Lipinski definition) is 7. The fourth-order valence-electron chi connectivity index (χ4n) is 5.15. The number of halogens is 1. The smallest absolute Gasteiger partial charge is 0.216 e. The summed E-state index contributed by atoms with van der Waals surface area (Å²) in [6.07, 6.45) is 2.51.